The molecule has 0 aromatic carbocycles. The Morgan fingerprint density at radius 3 is 1.20 bits per heavy atom. The normalized spacial score (nSPS) is 28.4. The molecule has 0 aliphatic carbocycles. The predicted molar refractivity (Wildman–Crippen MR) is 160 cm³/mol. The maximum Gasteiger partial charge on any atom is 0.335 e. The number of carbonyl (C=O) groups excluding carboxylic acids is 4. The fraction of sp³-hybridized carbons (Fsp3) is 0.750. The predicted octanol–water partition coefficient (Wildman–Crippen LogP) is -9.38. The van der Waals surface area contributed by atoms with Gasteiger partial charge < -0.3 is 60.9 Å². The molecule has 2 aliphatic rings. The number of amides is 4. The number of aliphatic carboxylic acids is 2. The van der Waals surface area contributed by atoms with Crippen LogP contribution in [-0.4, -0.2) is 148 Å². The van der Waals surface area contributed by atoms with Crippen molar-refractivity contribution in [3.05, 3.63) is 0 Å². The molecule has 26 nitrogen and oxygen atoms in total. The molecule has 2 aliphatic heterocycles. The first-order valence-corrected chi connectivity index (χ1v) is 14.5. The summed E-state index contributed by atoms with van der Waals surface area (Å²) in [6.07, 6.45) is -14.1. The van der Waals surface area contributed by atoms with Gasteiger partial charge in [0.2, 0.25) is 23.6 Å². The lowest BCUT2D eigenvalue weighted by atomic mass is 9.98. The van der Waals surface area contributed by atoms with Crippen molar-refractivity contribution in [2.24, 2.45) is 17.5 Å². The van der Waals surface area contributed by atoms with Gasteiger partial charge in [-0.25, -0.2) is 32.5 Å². The highest BCUT2D eigenvalue weighted by Gasteiger charge is 2.47. The molecule has 4 amide bonds. The molecule has 2 fully saturated rings. The van der Waals surface area contributed by atoms with Crippen LogP contribution in [0.5, 0.6) is 0 Å². The van der Waals surface area contributed by atoms with E-state index in [0.29, 0.717) is 38.5 Å². The maximum atomic E-state index is 11.6. The molecule has 292 valence electrons. The van der Waals surface area contributed by atoms with Gasteiger partial charge in [-0.3, -0.25) is 40.9 Å². The van der Waals surface area contributed by atoms with E-state index in [0.717, 1.165) is 0 Å². The molecule has 2 heterocycles. The molecular formula is C24H48N8O18. The number of rotatable bonds is 14. The standard InChI is InChI=1S/C12H22N4O8.C6H14N4O2.C6H10O7.H2O/c13-14-5(17)3-1-2-4-6(18)15-16-11-9(21)7(19)8(20)10(24-11)12(22)23;7-9-5(11)3-1-2-4-6(12)10-8;7-1-2(8)4(5(10)11)13-6(12)3(1)9;/h7-11,16,19-21H,1-4,13H2,(H,14,17)(H,15,18)(H,22,23);1-4,7-8H2,(H,9,11)(H,10,12);1-4,6-9,12H,(H,10,11);1H2. The lowest BCUT2D eigenvalue weighted by molar-refractivity contribution is -0.279. The highest BCUT2D eigenvalue weighted by Crippen LogP contribution is 2.20. The van der Waals surface area contributed by atoms with E-state index in [4.69, 9.17) is 52.9 Å². The van der Waals surface area contributed by atoms with Crippen LogP contribution in [0.2, 0.25) is 0 Å². The topological polar surface area (TPSA) is 473 Å². The van der Waals surface area contributed by atoms with E-state index >= 15 is 0 Å². The summed E-state index contributed by atoms with van der Waals surface area (Å²) in [5.41, 5.74) is 10.4. The average molecular weight is 737 g/mol. The summed E-state index contributed by atoms with van der Waals surface area (Å²) in [6.45, 7) is 0. The van der Waals surface area contributed by atoms with Gasteiger partial charge in [0.1, 0.15) is 36.6 Å². The second-order valence-electron chi connectivity index (χ2n) is 10.4. The van der Waals surface area contributed by atoms with Gasteiger partial charge in [0.15, 0.2) is 24.7 Å². The first-order chi connectivity index (χ1) is 22.9. The number of carboxylic acid groups (broad SMARTS) is 2. The van der Waals surface area contributed by atoms with Gasteiger partial charge in [-0.1, -0.05) is 0 Å². The number of ether oxygens (including phenoxy) is 2. The molecule has 2 rings (SSSR count). The van der Waals surface area contributed by atoms with Crippen molar-refractivity contribution in [1.82, 2.24) is 27.1 Å². The molecule has 26 heteroatoms. The molecular weight excluding hydrogens is 688 g/mol. The second kappa shape index (κ2) is 25.2. The summed E-state index contributed by atoms with van der Waals surface area (Å²) in [7, 11) is 0. The average Bonchev–Trinajstić information content (AvgIpc) is 3.07. The van der Waals surface area contributed by atoms with Crippen molar-refractivity contribution in [1.29, 1.82) is 0 Å². The minimum Gasteiger partial charge on any atom is -0.479 e. The lowest BCUT2D eigenvalue weighted by Crippen LogP contribution is -2.65. The molecule has 50 heavy (non-hydrogen) atoms. The van der Waals surface area contributed by atoms with Crippen LogP contribution in [0.3, 0.4) is 0 Å². The Morgan fingerprint density at radius 2 is 0.840 bits per heavy atom. The first kappa shape index (κ1) is 48.4. The minimum atomic E-state index is -1.81. The van der Waals surface area contributed by atoms with Gasteiger partial charge in [-0.2, -0.15) is 0 Å². The van der Waals surface area contributed by atoms with Crippen LogP contribution in [0.15, 0.2) is 0 Å². The Balaban J connectivity index is 0. The number of hydrogen-bond acceptors (Lipinski definition) is 19. The van der Waals surface area contributed by atoms with Gasteiger partial charge in [0.05, 0.1) is 0 Å². The van der Waals surface area contributed by atoms with Gasteiger partial charge in [0, 0.05) is 25.7 Å². The highest BCUT2D eigenvalue weighted by atomic mass is 16.6. The van der Waals surface area contributed by atoms with Crippen molar-refractivity contribution < 1.29 is 89.7 Å². The summed E-state index contributed by atoms with van der Waals surface area (Å²) in [6, 6.07) is 0. The van der Waals surface area contributed by atoms with Crippen LogP contribution in [0.4, 0.5) is 0 Å². The molecule has 0 spiro atoms. The number of nitrogens with two attached hydrogens (primary N) is 3. The van der Waals surface area contributed by atoms with Crippen LogP contribution in [0.1, 0.15) is 51.4 Å². The third-order valence-electron chi connectivity index (χ3n) is 6.64. The largest absolute Gasteiger partial charge is 0.479 e. The van der Waals surface area contributed by atoms with Gasteiger partial charge in [-0.15, -0.1) is 0 Å². The van der Waals surface area contributed by atoms with Crippen LogP contribution >= 0.6 is 0 Å². The molecule has 2 saturated heterocycles. The fourth-order valence-electron chi connectivity index (χ4n) is 3.84. The Hall–Kier alpha value is -3.74. The molecule has 0 aromatic rings. The van der Waals surface area contributed by atoms with E-state index in [2.05, 4.69) is 15.6 Å². The van der Waals surface area contributed by atoms with Gasteiger partial charge in [0.25, 0.3) is 0 Å². The van der Waals surface area contributed by atoms with Crippen molar-refractivity contribution in [3.63, 3.8) is 0 Å². The second-order valence-corrected chi connectivity index (χ2v) is 10.4. The van der Waals surface area contributed by atoms with Crippen LogP contribution < -0.4 is 44.7 Å². The molecule has 0 aromatic heterocycles. The summed E-state index contributed by atoms with van der Waals surface area (Å²) in [5, 5.41) is 82.1. The molecule has 0 saturated carbocycles. The zero-order valence-electron chi connectivity index (χ0n) is 26.5. The van der Waals surface area contributed by atoms with E-state index in [9.17, 15) is 44.1 Å². The van der Waals surface area contributed by atoms with Gasteiger partial charge in [-0.05, 0) is 25.7 Å². The van der Waals surface area contributed by atoms with Crippen LogP contribution in [0.25, 0.3) is 0 Å². The summed E-state index contributed by atoms with van der Waals surface area (Å²) >= 11 is 0. The number of aliphatic hydroxyl groups is 7. The molecule has 10 atom stereocenters. The van der Waals surface area contributed by atoms with Crippen molar-refractivity contribution in [2.75, 3.05) is 0 Å². The number of hydrogen-bond donors (Lipinski definition) is 17. The van der Waals surface area contributed by atoms with E-state index in [1.165, 1.54) is 0 Å². The number of carboxylic acids is 2. The van der Waals surface area contributed by atoms with E-state index in [-0.39, 0.29) is 36.0 Å². The highest BCUT2D eigenvalue weighted by molar-refractivity contribution is 5.77. The van der Waals surface area contributed by atoms with E-state index in [1.54, 1.807) is 0 Å². The van der Waals surface area contributed by atoms with Crippen molar-refractivity contribution in [3.8, 4) is 0 Å². The molecule has 22 N–H and O–H groups in total. The Bertz CT molecular complexity index is 1060. The number of hydrazine groups is 4. The number of aliphatic hydroxyl groups excluding tert-OH is 7. The lowest BCUT2D eigenvalue weighted by Gasteiger charge is -2.38. The third-order valence-corrected chi connectivity index (χ3v) is 6.64. The Morgan fingerprint density at radius 1 is 0.500 bits per heavy atom. The van der Waals surface area contributed by atoms with Crippen molar-refractivity contribution >= 4 is 35.6 Å². The smallest absolute Gasteiger partial charge is 0.335 e. The summed E-state index contributed by atoms with van der Waals surface area (Å²) in [5.74, 6) is 10.3. The fourth-order valence-corrected chi connectivity index (χ4v) is 3.84. The maximum absolute atomic E-state index is 11.6. The summed E-state index contributed by atoms with van der Waals surface area (Å²) < 4.78 is 9.25. The number of unbranched alkanes of at least 4 members (excludes halogenated alkanes) is 2. The number of carbonyl (C=O) groups is 6. The SMILES string of the molecule is NNC(=O)CCCCC(=O)NN.NNC(=O)CCCCC(=O)NNC1OC(C(=O)O)C(O)C(O)C1O.O.O=C(O)C1OC(O)C(O)C(O)C1O. The van der Waals surface area contributed by atoms with Gasteiger partial charge >= 0.3 is 11.9 Å². The molecule has 10 unspecified atom stereocenters. The van der Waals surface area contributed by atoms with Crippen LogP contribution in [-0.2, 0) is 38.2 Å². The summed E-state index contributed by atoms with van der Waals surface area (Å²) in [4.78, 5) is 64.9. The minimum absolute atomic E-state index is 0. The quantitative estimate of drug-likeness (QED) is 0.0340. The zero-order chi connectivity index (χ0) is 37.8. The first-order valence-electron chi connectivity index (χ1n) is 14.5. The molecule has 0 radical (unpaired) electrons. The Labute approximate surface area is 283 Å². The zero-order valence-corrected chi connectivity index (χ0v) is 26.5. The third kappa shape index (κ3) is 17.3. The Kier molecular flexibility index (Phi) is 24.4. The van der Waals surface area contributed by atoms with Crippen molar-refractivity contribution in [2.45, 2.75) is 113 Å². The van der Waals surface area contributed by atoms with E-state index in [1.807, 2.05) is 16.3 Å². The number of nitrogens with one attached hydrogen (secondary N) is 5. The van der Waals surface area contributed by atoms with E-state index < -0.39 is 79.2 Å². The molecule has 0 bridgehead atoms. The monoisotopic (exact) mass is 736 g/mol. The van der Waals surface area contributed by atoms with Crippen LogP contribution in [0, 0.1) is 0 Å².